The van der Waals surface area contributed by atoms with Crippen molar-refractivity contribution in [2.24, 2.45) is 5.92 Å². The number of carbonyl (C=O) groups is 2. The van der Waals surface area contributed by atoms with Gasteiger partial charge in [0, 0.05) is 33.2 Å². The molecule has 2 amide bonds. The van der Waals surface area contributed by atoms with Crippen molar-refractivity contribution in [3.8, 4) is 10.8 Å². The quantitative estimate of drug-likeness (QED) is 0.508. The molecule has 1 atom stereocenters. The van der Waals surface area contributed by atoms with Crippen LogP contribution in [0.3, 0.4) is 0 Å². The van der Waals surface area contributed by atoms with Gasteiger partial charge in [0.2, 0.25) is 17.7 Å². The third-order valence-electron chi connectivity index (χ3n) is 5.18. The van der Waals surface area contributed by atoms with Crippen LogP contribution in [0.1, 0.15) is 17.9 Å². The van der Waals surface area contributed by atoms with Gasteiger partial charge in [0.15, 0.2) is 0 Å². The standard InChI is InChI=1S/C22H24N4O4S/c1-29-10-9-25(15-19-23-24-21(30-19)18-8-5-11-31-18)22(28)17-12-20(27)26(14-17)13-16-6-3-2-4-7-16/h2-8,11,17H,9-10,12-15H2,1H3. The molecule has 1 aliphatic rings. The normalized spacial score (nSPS) is 16.1. The smallest absolute Gasteiger partial charge is 0.257 e. The summed E-state index contributed by atoms with van der Waals surface area (Å²) in [4.78, 5) is 30.0. The number of likely N-dealkylation sites (tertiary alicyclic amines) is 1. The molecule has 0 N–H and O–H groups in total. The molecule has 31 heavy (non-hydrogen) atoms. The van der Waals surface area contributed by atoms with E-state index in [0.717, 1.165) is 10.4 Å². The molecule has 0 saturated carbocycles. The molecule has 162 valence electrons. The summed E-state index contributed by atoms with van der Waals surface area (Å²) in [6.45, 7) is 1.86. The Labute approximate surface area is 184 Å². The van der Waals surface area contributed by atoms with Gasteiger partial charge in [-0.2, -0.15) is 0 Å². The second-order valence-electron chi connectivity index (χ2n) is 7.39. The molecular formula is C22H24N4O4S. The van der Waals surface area contributed by atoms with Crippen LogP contribution in [0.25, 0.3) is 10.8 Å². The van der Waals surface area contributed by atoms with Gasteiger partial charge >= 0.3 is 0 Å². The molecule has 1 fully saturated rings. The van der Waals surface area contributed by atoms with Crippen LogP contribution in [0.5, 0.6) is 0 Å². The number of hydrogen-bond donors (Lipinski definition) is 0. The fourth-order valence-electron chi connectivity index (χ4n) is 3.60. The maximum atomic E-state index is 13.2. The second kappa shape index (κ2) is 9.84. The summed E-state index contributed by atoms with van der Waals surface area (Å²) in [5.74, 6) is 0.295. The minimum absolute atomic E-state index is 0.00772. The number of aromatic nitrogens is 2. The van der Waals surface area contributed by atoms with Gasteiger partial charge in [0.25, 0.3) is 5.89 Å². The zero-order chi connectivity index (χ0) is 21.6. The van der Waals surface area contributed by atoms with Gasteiger partial charge in [0.1, 0.15) is 0 Å². The van der Waals surface area contributed by atoms with Gasteiger partial charge in [-0.1, -0.05) is 36.4 Å². The number of rotatable bonds is 9. The second-order valence-corrected chi connectivity index (χ2v) is 8.34. The van der Waals surface area contributed by atoms with E-state index in [4.69, 9.17) is 9.15 Å². The van der Waals surface area contributed by atoms with Crippen molar-refractivity contribution in [3.63, 3.8) is 0 Å². The summed E-state index contributed by atoms with van der Waals surface area (Å²) >= 11 is 1.51. The summed E-state index contributed by atoms with van der Waals surface area (Å²) in [7, 11) is 1.59. The van der Waals surface area contributed by atoms with Crippen LogP contribution in [0.15, 0.2) is 52.3 Å². The zero-order valence-corrected chi connectivity index (χ0v) is 18.1. The van der Waals surface area contributed by atoms with Gasteiger partial charge in [-0.15, -0.1) is 21.5 Å². The molecule has 1 saturated heterocycles. The largest absolute Gasteiger partial charge is 0.418 e. The highest BCUT2D eigenvalue weighted by Gasteiger charge is 2.36. The first-order chi connectivity index (χ1) is 15.1. The molecule has 8 nitrogen and oxygen atoms in total. The number of benzene rings is 1. The van der Waals surface area contributed by atoms with E-state index in [-0.39, 0.29) is 24.8 Å². The number of amides is 2. The Bertz CT molecular complexity index is 1010. The van der Waals surface area contributed by atoms with Gasteiger partial charge in [-0.05, 0) is 17.0 Å². The summed E-state index contributed by atoms with van der Waals surface area (Å²) in [6.07, 6.45) is 0.208. The summed E-state index contributed by atoms with van der Waals surface area (Å²) < 4.78 is 10.9. The molecular weight excluding hydrogens is 416 g/mol. The van der Waals surface area contributed by atoms with Crippen LogP contribution < -0.4 is 0 Å². The van der Waals surface area contributed by atoms with Crippen molar-refractivity contribution in [2.75, 3.05) is 26.8 Å². The highest BCUT2D eigenvalue weighted by atomic mass is 32.1. The molecule has 1 unspecified atom stereocenters. The Morgan fingerprint density at radius 2 is 2.10 bits per heavy atom. The van der Waals surface area contributed by atoms with E-state index >= 15 is 0 Å². The maximum absolute atomic E-state index is 13.2. The third kappa shape index (κ3) is 5.18. The summed E-state index contributed by atoms with van der Waals surface area (Å²) in [6, 6.07) is 13.6. The monoisotopic (exact) mass is 440 g/mol. The van der Waals surface area contributed by atoms with Crippen LogP contribution in [0, 0.1) is 5.92 Å². The highest BCUT2D eigenvalue weighted by Crippen LogP contribution is 2.25. The van der Waals surface area contributed by atoms with Gasteiger partial charge in [0.05, 0.1) is 23.9 Å². The maximum Gasteiger partial charge on any atom is 0.257 e. The minimum Gasteiger partial charge on any atom is -0.418 e. The summed E-state index contributed by atoms with van der Waals surface area (Å²) in [5, 5.41) is 10.1. The van der Waals surface area contributed by atoms with Crippen molar-refractivity contribution in [3.05, 3.63) is 59.3 Å². The van der Waals surface area contributed by atoms with Crippen molar-refractivity contribution in [1.29, 1.82) is 0 Å². The van der Waals surface area contributed by atoms with E-state index < -0.39 is 5.92 Å². The summed E-state index contributed by atoms with van der Waals surface area (Å²) in [5.41, 5.74) is 1.05. The van der Waals surface area contributed by atoms with Gasteiger partial charge in [-0.3, -0.25) is 9.59 Å². The van der Waals surface area contributed by atoms with Crippen LogP contribution in [-0.2, 0) is 27.4 Å². The molecule has 0 aliphatic carbocycles. The lowest BCUT2D eigenvalue weighted by atomic mass is 10.1. The van der Waals surface area contributed by atoms with Crippen LogP contribution in [0.2, 0.25) is 0 Å². The first-order valence-electron chi connectivity index (χ1n) is 10.1. The number of hydrogen-bond acceptors (Lipinski definition) is 7. The molecule has 4 rings (SSSR count). The van der Waals surface area contributed by atoms with E-state index in [1.165, 1.54) is 11.3 Å². The van der Waals surface area contributed by atoms with Gasteiger partial charge < -0.3 is 19.0 Å². The number of nitrogens with zero attached hydrogens (tertiary/aromatic N) is 4. The highest BCUT2D eigenvalue weighted by molar-refractivity contribution is 7.13. The van der Waals surface area contributed by atoms with Crippen molar-refractivity contribution < 1.29 is 18.7 Å². The van der Waals surface area contributed by atoms with Crippen LogP contribution in [0.4, 0.5) is 0 Å². The van der Waals surface area contributed by atoms with Crippen LogP contribution in [-0.4, -0.2) is 58.6 Å². The zero-order valence-electron chi connectivity index (χ0n) is 17.3. The Kier molecular flexibility index (Phi) is 6.73. The molecule has 0 radical (unpaired) electrons. The Morgan fingerprint density at radius 1 is 1.26 bits per heavy atom. The SMILES string of the molecule is COCCN(Cc1nnc(-c2cccs2)o1)C(=O)C1CC(=O)N(Cc2ccccc2)C1. The molecule has 3 heterocycles. The molecule has 2 aromatic heterocycles. The average molecular weight is 441 g/mol. The van der Waals surface area contributed by atoms with E-state index in [0.29, 0.717) is 38.0 Å². The average Bonchev–Trinajstić information content (AvgIpc) is 3.53. The van der Waals surface area contributed by atoms with E-state index in [1.54, 1.807) is 16.9 Å². The Hall–Kier alpha value is -3.04. The molecule has 1 aromatic carbocycles. The lowest BCUT2D eigenvalue weighted by Gasteiger charge is -2.24. The predicted molar refractivity (Wildman–Crippen MR) is 115 cm³/mol. The molecule has 0 bridgehead atoms. The molecule has 1 aliphatic heterocycles. The number of methoxy groups -OCH3 is 1. The minimum atomic E-state index is -0.396. The van der Waals surface area contributed by atoms with Crippen molar-refractivity contribution >= 4 is 23.2 Å². The van der Waals surface area contributed by atoms with E-state index in [9.17, 15) is 9.59 Å². The fourth-order valence-corrected chi connectivity index (χ4v) is 4.25. The third-order valence-corrected chi connectivity index (χ3v) is 6.04. The lowest BCUT2D eigenvalue weighted by molar-refractivity contribution is -0.137. The molecule has 3 aromatic rings. The van der Waals surface area contributed by atoms with Crippen molar-refractivity contribution in [1.82, 2.24) is 20.0 Å². The number of ether oxygens (including phenoxy) is 1. The fraction of sp³-hybridized carbons (Fsp3) is 0.364. The van der Waals surface area contributed by atoms with Crippen LogP contribution >= 0.6 is 11.3 Å². The number of thiophene rings is 1. The molecule has 0 spiro atoms. The van der Waals surface area contributed by atoms with E-state index in [1.807, 2.05) is 47.8 Å². The Balaban J connectivity index is 1.42. The first kappa shape index (κ1) is 21.2. The van der Waals surface area contributed by atoms with E-state index in [2.05, 4.69) is 10.2 Å². The van der Waals surface area contributed by atoms with Crippen molar-refractivity contribution in [2.45, 2.75) is 19.5 Å². The number of carbonyl (C=O) groups excluding carboxylic acids is 2. The molecule has 9 heteroatoms. The predicted octanol–water partition coefficient (Wildman–Crippen LogP) is 2.82. The lowest BCUT2D eigenvalue weighted by Crippen LogP contribution is -2.39. The first-order valence-corrected chi connectivity index (χ1v) is 11.0. The topological polar surface area (TPSA) is 88.8 Å². The Morgan fingerprint density at radius 3 is 2.84 bits per heavy atom. The van der Waals surface area contributed by atoms with Gasteiger partial charge in [-0.25, -0.2) is 0 Å².